The summed E-state index contributed by atoms with van der Waals surface area (Å²) in [5.41, 5.74) is 6.60. The largest absolute Gasteiger partial charge is 0.352 e. The molecule has 0 spiro atoms. The molecule has 4 N–H and O–H groups in total. The lowest BCUT2D eigenvalue weighted by Crippen LogP contribution is -2.40. The van der Waals surface area contributed by atoms with Gasteiger partial charge in [-0.2, -0.15) is 0 Å². The third-order valence-electron chi connectivity index (χ3n) is 2.43. The topological polar surface area (TPSA) is 97.1 Å². The molecule has 0 bridgehead atoms. The second-order valence-electron chi connectivity index (χ2n) is 3.95. The third-order valence-corrected chi connectivity index (χ3v) is 2.43. The quantitative estimate of drug-likeness (QED) is 0.714. The van der Waals surface area contributed by atoms with E-state index in [0.717, 1.165) is 17.8 Å². The monoisotopic (exact) mass is 250 g/mol. The number of nitrogens with zero attached hydrogens (tertiary/aromatic N) is 1. The second-order valence-corrected chi connectivity index (χ2v) is 3.95. The Balaban J connectivity index is 2.62. The number of aryl methyl sites for hydroxylation is 1. The summed E-state index contributed by atoms with van der Waals surface area (Å²) in [4.78, 5) is 26.4. The van der Waals surface area contributed by atoms with Gasteiger partial charge in [0.1, 0.15) is 0 Å². The maximum absolute atomic E-state index is 11.6. The van der Waals surface area contributed by atoms with Crippen LogP contribution in [0.3, 0.4) is 0 Å². The number of hydrogen-bond acceptors (Lipinski definition) is 3. The first-order valence-electron chi connectivity index (χ1n) is 5.79. The van der Waals surface area contributed by atoms with Gasteiger partial charge in [-0.05, 0) is 25.5 Å². The predicted molar refractivity (Wildman–Crippen MR) is 67.7 cm³/mol. The van der Waals surface area contributed by atoms with E-state index in [1.165, 1.54) is 0 Å². The summed E-state index contributed by atoms with van der Waals surface area (Å²) in [6.45, 7) is 3.72. The van der Waals surface area contributed by atoms with Crippen molar-refractivity contribution in [1.29, 1.82) is 0 Å². The van der Waals surface area contributed by atoms with Crippen molar-refractivity contribution in [2.45, 2.75) is 26.3 Å². The number of nitrogens with one attached hydrogen (secondary N) is 2. The van der Waals surface area contributed by atoms with E-state index >= 15 is 0 Å². The molecule has 0 radical (unpaired) electrons. The van der Waals surface area contributed by atoms with Gasteiger partial charge < -0.3 is 16.4 Å². The minimum atomic E-state index is -0.716. The molecule has 1 atom stereocenters. The summed E-state index contributed by atoms with van der Waals surface area (Å²) >= 11 is 0. The van der Waals surface area contributed by atoms with Crippen LogP contribution in [0.5, 0.6) is 0 Å². The van der Waals surface area contributed by atoms with Crippen LogP contribution in [0.25, 0.3) is 0 Å². The van der Waals surface area contributed by atoms with E-state index in [0.29, 0.717) is 0 Å². The molecule has 1 aromatic heterocycles. The van der Waals surface area contributed by atoms with Crippen LogP contribution in [-0.4, -0.2) is 23.5 Å². The van der Waals surface area contributed by atoms with Crippen molar-refractivity contribution in [1.82, 2.24) is 15.6 Å². The predicted octanol–water partition coefficient (Wildman–Crippen LogP) is 0.626. The maximum Gasteiger partial charge on any atom is 0.312 e. The standard InChI is InChI=1S/C12H18N4O2/c1-3-9(10-6-4-5-8(2)15-10)16-11(17)7-14-12(13)18/h4-6,9H,3,7H2,1-2H3,(H,16,17)(H3,13,14,18)/t9-/m0/s1. The van der Waals surface area contributed by atoms with Gasteiger partial charge in [-0.15, -0.1) is 0 Å². The average molecular weight is 250 g/mol. The molecule has 0 saturated carbocycles. The fourth-order valence-electron chi connectivity index (χ4n) is 1.56. The van der Waals surface area contributed by atoms with Gasteiger partial charge in [0.15, 0.2) is 0 Å². The summed E-state index contributed by atoms with van der Waals surface area (Å²) in [6, 6.07) is 4.78. The minimum absolute atomic E-state index is 0.127. The highest BCUT2D eigenvalue weighted by molar-refractivity contribution is 5.83. The number of primary amides is 1. The summed E-state index contributed by atoms with van der Waals surface area (Å²) in [6.07, 6.45) is 0.721. The van der Waals surface area contributed by atoms with E-state index in [2.05, 4.69) is 15.6 Å². The van der Waals surface area contributed by atoms with Crippen LogP contribution in [0.15, 0.2) is 18.2 Å². The molecule has 0 aliphatic carbocycles. The van der Waals surface area contributed by atoms with Gasteiger partial charge in [0.25, 0.3) is 0 Å². The van der Waals surface area contributed by atoms with Gasteiger partial charge in [0.05, 0.1) is 18.3 Å². The van der Waals surface area contributed by atoms with Crippen molar-refractivity contribution in [3.63, 3.8) is 0 Å². The molecule has 6 heteroatoms. The number of amides is 3. The minimum Gasteiger partial charge on any atom is -0.352 e. The summed E-state index contributed by atoms with van der Waals surface area (Å²) < 4.78 is 0. The van der Waals surface area contributed by atoms with Crippen LogP contribution in [0, 0.1) is 6.92 Å². The summed E-state index contributed by atoms with van der Waals surface area (Å²) in [5.74, 6) is -0.288. The van der Waals surface area contributed by atoms with E-state index in [-0.39, 0.29) is 18.5 Å². The lowest BCUT2D eigenvalue weighted by Gasteiger charge is -2.16. The molecule has 3 amide bonds. The van der Waals surface area contributed by atoms with Gasteiger partial charge in [0, 0.05) is 5.69 Å². The van der Waals surface area contributed by atoms with E-state index in [9.17, 15) is 9.59 Å². The SMILES string of the molecule is CC[C@H](NC(=O)CNC(N)=O)c1cccc(C)n1. The molecule has 98 valence electrons. The molecule has 0 aliphatic rings. The zero-order chi connectivity index (χ0) is 13.5. The molecule has 0 saturated heterocycles. The second kappa shape index (κ2) is 6.58. The fraction of sp³-hybridized carbons (Fsp3) is 0.417. The van der Waals surface area contributed by atoms with Crippen molar-refractivity contribution < 1.29 is 9.59 Å². The number of rotatable bonds is 5. The van der Waals surface area contributed by atoms with E-state index in [4.69, 9.17) is 5.73 Å². The van der Waals surface area contributed by atoms with Crippen LogP contribution in [0.2, 0.25) is 0 Å². The number of carbonyl (C=O) groups excluding carboxylic acids is 2. The van der Waals surface area contributed by atoms with Crippen molar-refractivity contribution in [3.05, 3.63) is 29.6 Å². The van der Waals surface area contributed by atoms with E-state index in [1.807, 2.05) is 32.0 Å². The van der Waals surface area contributed by atoms with Crippen molar-refractivity contribution in [2.75, 3.05) is 6.54 Å². The van der Waals surface area contributed by atoms with Crippen LogP contribution >= 0.6 is 0 Å². The number of aromatic nitrogens is 1. The number of hydrogen-bond donors (Lipinski definition) is 3. The van der Waals surface area contributed by atoms with E-state index in [1.54, 1.807) is 0 Å². The lowest BCUT2D eigenvalue weighted by atomic mass is 10.1. The molecular weight excluding hydrogens is 232 g/mol. The molecule has 1 rings (SSSR count). The Labute approximate surface area is 106 Å². The van der Waals surface area contributed by atoms with Crippen molar-refractivity contribution >= 4 is 11.9 Å². The number of urea groups is 1. The van der Waals surface area contributed by atoms with Gasteiger partial charge in [-0.3, -0.25) is 9.78 Å². The first-order valence-corrected chi connectivity index (χ1v) is 5.79. The van der Waals surface area contributed by atoms with Crippen LogP contribution < -0.4 is 16.4 Å². The van der Waals surface area contributed by atoms with E-state index < -0.39 is 6.03 Å². The molecule has 6 nitrogen and oxygen atoms in total. The molecule has 0 aliphatic heterocycles. The molecule has 18 heavy (non-hydrogen) atoms. The Bertz CT molecular complexity index is 434. The molecule has 1 heterocycles. The number of pyridine rings is 1. The lowest BCUT2D eigenvalue weighted by molar-refractivity contribution is -0.120. The highest BCUT2D eigenvalue weighted by Gasteiger charge is 2.14. The molecule has 0 fully saturated rings. The normalized spacial score (nSPS) is 11.7. The van der Waals surface area contributed by atoms with Crippen LogP contribution in [0.1, 0.15) is 30.8 Å². The number of carbonyl (C=O) groups is 2. The van der Waals surface area contributed by atoms with Crippen molar-refractivity contribution in [2.24, 2.45) is 5.73 Å². The smallest absolute Gasteiger partial charge is 0.312 e. The Kier molecular flexibility index (Phi) is 5.10. The fourth-order valence-corrected chi connectivity index (χ4v) is 1.56. The molecule has 0 aromatic carbocycles. The van der Waals surface area contributed by atoms with Gasteiger partial charge in [-0.1, -0.05) is 13.0 Å². The zero-order valence-corrected chi connectivity index (χ0v) is 10.6. The molecule has 0 unspecified atom stereocenters. The average Bonchev–Trinajstić information content (AvgIpc) is 2.33. The van der Waals surface area contributed by atoms with Crippen LogP contribution in [0.4, 0.5) is 4.79 Å². The van der Waals surface area contributed by atoms with Gasteiger partial charge >= 0.3 is 6.03 Å². The highest BCUT2D eigenvalue weighted by Crippen LogP contribution is 2.14. The van der Waals surface area contributed by atoms with Gasteiger partial charge in [0.2, 0.25) is 5.91 Å². The summed E-state index contributed by atoms with van der Waals surface area (Å²) in [5, 5.41) is 5.04. The zero-order valence-electron chi connectivity index (χ0n) is 10.6. The highest BCUT2D eigenvalue weighted by atomic mass is 16.2. The van der Waals surface area contributed by atoms with Crippen LogP contribution in [-0.2, 0) is 4.79 Å². The van der Waals surface area contributed by atoms with Gasteiger partial charge in [-0.25, -0.2) is 4.79 Å². The number of nitrogens with two attached hydrogens (primary N) is 1. The molecule has 1 aromatic rings. The Morgan fingerprint density at radius 1 is 1.44 bits per heavy atom. The maximum atomic E-state index is 11.6. The third kappa shape index (κ3) is 4.40. The van der Waals surface area contributed by atoms with Crippen molar-refractivity contribution in [3.8, 4) is 0 Å². The Morgan fingerprint density at radius 3 is 2.72 bits per heavy atom. The summed E-state index contributed by atoms with van der Waals surface area (Å²) in [7, 11) is 0. The first-order chi connectivity index (χ1) is 8.52. The first kappa shape index (κ1) is 14.0. The Hall–Kier alpha value is -2.11. The Morgan fingerprint density at radius 2 is 2.17 bits per heavy atom. The molecular formula is C12H18N4O2.